The Bertz CT molecular complexity index is 1240. The van der Waals surface area contributed by atoms with Crippen molar-refractivity contribution >= 4 is 51.4 Å². The van der Waals surface area contributed by atoms with Crippen molar-refractivity contribution < 1.29 is 18.7 Å². The van der Waals surface area contributed by atoms with E-state index in [1.807, 2.05) is 31.0 Å². The third-order valence-corrected chi connectivity index (χ3v) is 6.81. The van der Waals surface area contributed by atoms with Gasteiger partial charge in [-0.1, -0.05) is 11.6 Å². The molecule has 0 saturated carbocycles. The molecule has 10 heteroatoms. The zero-order valence-corrected chi connectivity index (χ0v) is 21.8. The third-order valence-electron chi connectivity index (χ3n) is 6.26. The highest BCUT2D eigenvalue weighted by molar-refractivity contribution is 6.31. The molecular weight excluding hydrogens is 506 g/mol. The number of carbonyl (C=O) groups excluding carboxylic acids is 1. The van der Waals surface area contributed by atoms with Crippen molar-refractivity contribution in [1.29, 1.82) is 0 Å². The number of anilines is 2. The summed E-state index contributed by atoms with van der Waals surface area (Å²) < 4.78 is 26.5. The van der Waals surface area contributed by atoms with Gasteiger partial charge in [0.25, 0.3) is 0 Å². The molecule has 1 aromatic heterocycles. The largest absolute Gasteiger partial charge is 0.490 e. The number of hydrogen-bond acceptors (Lipinski definition) is 7. The lowest BCUT2D eigenvalue weighted by Gasteiger charge is -2.25. The van der Waals surface area contributed by atoms with Gasteiger partial charge in [0.15, 0.2) is 11.5 Å². The number of nitrogens with zero attached hydrogens (tertiary/aromatic N) is 3. The lowest BCUT2D eigenvalue weighted by atomic mass is 10.1. The molecule has 2 heterocycles. The molecular formula is C26H29Cl2FN4O3. The second-order valence-electron chi connectivity index (χ2n) is 8.84. The zero-order chi connectivity index (χ0) is 25.7. The number of hydrogen-bond donors (Lipinski definition) is 1. The molecule has 1 aliphatic rings. The van der Waals surface area contributed by atoms with Gasteiger partial charge in [0.1, 0.15) is 23.7 Å². The van der Waals surface area contributed by atoms with Crippen LogP contribution in [0.3, 0.4) is 0 Å². The Labute approximate surface area is 219 Å². The highest BCUT2D eigenvalue weighted by Crippen LogP contribution is 2.36. The summed E-state index contributed by atoms with van der Waals surface area (Å²) in [5.41, 5.74) is 1.90. The molecule has 0 fully saturated rings. The maximum absolute atomic E-state index is 14.5. The van der Waals surface area contributed by atoms with Gasteiger partial charge in [0, 0.05) is 36.0 Å². The average molecular weight is 535 g/mol. The summed E-state index contributed by atoms with van der Waals surface area (Å²) in [7, 11) is 1.85. The minimum absolute atomic E-state index is 0.0141. The average Bonchev–Trinajstić information content (AvgIpc) is 2.86. The van der Waals surface area contributed by atoms with Crippen LogP contribution in [0.1, 0.15) is 38.2 Å². The van der Waals surface area contributed by atoms with Crippen molar-refractivity contribution in [2.24, 2.45) is 0 Å². The van der Waals surface area contributed by atoms with Crippen LogP contribution in [0.4, 0.5) is 15.9 Å². The van der Waals surface area contributed by atoms with Crippen LogP contribution in [-0.2, 0) is 11.3 Å². The number of benzene rings is 2. The smallest absolute Gasteiger partial charge is 0.163 e. The number of halogens is 3. The standard InChI is InChI=1S/C26H29Cl2FN4O3/c1-16-23(34)6-3-4-8-35-24-11-18-22(13-25(24)36-9-5-7-27)30-15-31-26(18)32-21-12-19(28)20(29)10-17(21)14-33(16)2/h10-13,15-16H,3-9,14H2,1-2H3,(H,30,31,32)/t16-/m0/s1. The van der Waals surface area contributed by atoms with Gasteiger partial charge in [0.2, 0.25) is 0 Å². The molecule has 1 aliphatic heterocycles. The van der Waals surface area contributed by atoms with Crippen LogP contribution < -0.4 is 14.8 Å². The summed E-state index contributed by atoms with van der Waals surface area (Å²) in [6.45, 7) is 3.09. The lowest BCUT2D eigenvalue weighted by Crippen LogP contribution is -2.35. The summed E-state index contributed by atoms with van der Waals surface area (Å²) in [6, 6.07) is 6.24. The molecule has 1 N–H and O–H groups in total. The van der Waals surface area contributed by atoms with Crippen molar-refractivity contribution in [2.75, 3.05) is 31.5 Å². The van der Waals surface area contributed by atoms with Gasteiger partial charge in [0.05, 0.1) is 29.8 Å². The van der Waals surface area contributed by atoms with Gasteiger partial charge < -0.3 is 14.8 Å². The number of aromatic nitrogens is 2. The zero-order valence-electron chi connectivity index (χ0n) is 20.3. The number of fused-ring (bicyclic) bond motifs is 2. The normalized spacial score (nSPS) is 17.5. The van der Waals surface area contributed by atoms with E-state index in [9.17, 15) is 9.18 Å². The second-order valence-corrected chi connectivity index (χ2v) is 9.63. The summed E-state index contributed by atoms with van der Waals surface area (Å²) in [4.78, 5) is 23.5. The number of rotatable bonds is 4. The fourth-order valence-electron chi connectivity index (χ4n) is 4.03. The second kappa shape index (κ2) is 12.0. The van der Waals surface area contributed by atoms with Crippen LogP contribution in [0, 0.1) is 5.82 Å². The fourth-order valence-corrected chi connectivity index (χ4v) is 4.31. The van der Waals surface area contributed by atoms with Crippen molar-refractivity contribution in [2.45, 2.75) is 45.2 Å². The Morgan fingerprint density at radius 2 is 2.08 bits per heavy atom. The van der Waals surface area contributed by atoms with Crippen LogP contribution in [0.5, 0.6) is 11.5 Å². The molecule has 36 heavy (non-hydrogen) atoms. The quantitative estimate of drug-likeness (QED) is 0.318. The molecule has 0 unspecified atom stereocenters. The molecule has 3 aromatic rings. The van der Waals surface area contributed by atoms with E-state index in [2.05, 4.69) is 15.3 Å². The number of nitrogens with one attached hydrogen (secondary N) is 1. The van der Waals surface area contributed by atoms with Gasteiger partial charge >= 0.3 is 0 Å². The van der Waals surface area contributed by atoms with E-state index in [1.54, 1.807) is 0 Å². The lowest BCUT2D eigenvalue weighted by molar-refractivity contribution is -0.123. The number of carbonyl (C=O) groups is 1. The van der Waals surface area contributed by atoms with Gasteiger partial charge in [-0.25, -0.2) is 14.4 Å². The molecule has 7 nitrogen and oxygen atoms in total. The van der Waals surface area contributed by atoms with Crippen LogP contribution >= 0.6 is 23.2 Å². The maximum Gasteiger partial charge on any atom is 0.163 e. The van der Waals surface area contributed by atoms with Crippen LogP contribution in [-0.4, -0.2) is 52.8 Å². The molecule has 2 aromatic carbocycles. The van der Waals surface area contributed by atoms with Gasteiger partial charge in [-0.05, 0) is 57.0 Å². The van der Waals surface area contributed by atoms with Gasteiger partial charge in [-0.3, -0.25) is 9.69 Å². The first-order chi connectivity index (χ1) is 17.4. The topological polar surface area (TPSA) is 76.6 Å². The molecule has 4 rings (SSSR count). The summed E-state index contributed by atoms with van der Waals surface area (Å²) in [5.74, 6) is 1.72. The monoisotopic (exact) mass is 534 g/mol. The predicted molar refractivity (Wildman–Crippen MR) is 140 cm³/mol. The van der Waals surface area contributed by atoms with Crippen molar-refractivity contribution in [3.63, 3.8) is 0 Å². The molecule has 192 valence electrons. The first-order valence-corrected chi connectivity index (χ1v) is 12.9. The molecule has 2 bridgehead atoms. The Morgan fingerprint density at radius 1 is 1.25 bits per heavy atom. The van der Waals surface area contributed by atoms with E-state index >= 15 is 0 Å². The number of Topliss-reactive ketones (excluding diaryl/α,β-unsaturated/α-hetero) is 1. The molecule has 0 amide bonds. The van der Waals surface area contributed by atoms with E-state index < -0.39 is 5.82 Å². The van der Waals surface area contributed by atoms with Crippen molar-refractivity contribution in [3.05, 3.63) is 47.0 Å². The summed E-state index contributed by atoms with van der Waals surface area (Å²) in [5, 5.41) is 4.00. The Hall–Kier alpha value is -2.68. The van der Waals surface area contributed by atoms with Crippen LogP contribution in [0.25, 0.3) is 10.9 Å². The molecule has 0 saturated heterocycles. The third kappa shape index (κ3) is 6.17. The number of ketones is 1. The minimum atomic E-state index is -0.527. The molecule has 1 atom stereocenters. The Balaban J connectivity index is 1.80. The minimum Gasteiger partial charge on any atom is -0.490 e. The van der Waals surface area contributed by atoms with Crippen LogP contribution in [0.2, 0.25) is 5.02 Å². The van der Waals surface area contributed by atoms with E-state index in [4.69, 9.17) is 32.7 Å². The molecule has 0 radical (unpaired) electrons. The van der Waals surface area contributed by atoms with Crippen molar-refractivity contribution in [1.82, 2.24) is 14.9 Å². The summed E-state index contributed by atoms with van der Waals surface area (Å²) >= 11 is 11.9. The maximum atomic E-state index is 14.5. The predicted octanol–water partition coefficient (Wildman–Crippen LogP) is 6.13. The first-order valence-electron chi connectivity index (χ1n) is 12.0. The first kappa shape index (κ1) is 26.4. The van der Waals surface area contributed by atoms with Gasteiger partial charge in [-0.15, -0.1) is 11.6 Å². The van der Waals surface area contributed by atoms with Crippen molar-refractivity contribution in [3.8, 4) is 11.5 Å². The summed E-state index contributed by atoms with van der Waals surface area (Å²) in [6.07, 6.45) is 3.99. The van der Waals surface area contributed by atoms with E-state index in [0.717, 1.165) is 0 Å². The van der Waals surface area contributed by atoms with E-state index in [-0.39, 0.29) is 16.8 Å². The fraction of sp³-hybridized carbons (Fsp3) is 0.423. The highest BCUT2D eigenvalue weighted by Gasteiger charge is 2.21. The number of alkyl halides is 1. The number of likely N-dealkylation sites (N-methyl/N-ethyl adjacent to an activating group) is 1. The number of ether oxygens (including phenoxy) is 2. The van der Waals surface area contributed by atoms with E-state index in [0.29, 0.717) is 90.8 Å². The molecule has 0 spiro atoms. The SMILES string of the molecule is C[C@H]1C(=O)CCCCOc2cc3c(ncnc3cc2OCCCCl)Nc2cc(Cl)c(F)cc2CN1C. The van der Waals surface area contributed by atoms with E-state index in [1.165, 1.54) is 18.5 Å². The van der Waals surface area contributed by atoms with Crippen LogP contribution in [0.15, 0.2) is 30.6 Å². The highest BCUT2D eigenvalue weighted by atomic mass is 35.5. The Morgan fingerprint density at radius 3 is 2.89 bits per heavy atom. The Kier molecular flexibility index (Phi) is 8.82. The molecule has 0 aliphatic carbocycles. The van der Waals surface area contributed by atoms with Gasteiger partial charge in [-0.2, -0.15) is 0 Å².